The van der Waals surface area contributed by atoms with E-state index in [2.05, 4.69) is 15.6 Å². The van der Waals surface area contributed by atoms with Gasteiger partial charge in [-0.1, -0.05) is 16.3 Å². The Labute approximate surface area is 124 Å². The Hall–Kier alpha value is -1.93. The van der Waals surface area contributed by atoms with Crippen LogP contribution in [0.5, 0.6) is 0 Å². The molecule has 0 fully saturated rings. The summed E-state index contributed by atoms with van der Waals surface area (Å²) in [6, 6.07) is 4.00. The molecule has 4 N–H and O–H groups in total. The van der Waals surface area contributed by atoms with E-state index in [0.29, 0.717) is 11.7 Å². The summed E-state index contributed by atoms with van der Waals surface area (Å²) in [5, 5.41) is 8.31. The number of carbonyl (C=O) groups is 1. The van der Waals surface area contributed by atoms with Crippen molar-refractivity contribution in [2.24, 2.45) is 5.84 Å². The van der Waals surface area contributed by atoms with E-state index in [4.69, 9.17) is 5.84 Å². The molecule has 0 radical (unpaired) electrons. The van der Waals surface area contributed by atoms with E-state index in [-0.39, 0.29) is 5.91 Å². The Bertz CT molecular complexity index is 631. The van der Waals surface area contributed by atoms with E-state index in [1.54, 1.807) is 24.7 Å². The molecule has 0 aliphatic rings. The third-order valence-electron chi connectivity index (χ3n) is 2.41. The minimum absolute atomic E-state index is 0.0303. The summed E-state index contributed by atoms with van der Waals surface area (Å²) in [6.45, 7) is 2.06. The van der Waals surface area contributed by atoms with Crippen molar-refractivity contribution in [2.75, 3.05) is 7.05 Å². The van der Waals surface area contributed by atoms with Gasteiger partial charge in [-0.3, -0.25) is 10.6 Å². The van der Waals surface area contributed by atoms with Gasteiger partial charge in [0.25, 0.3) is 0 Å². The lowest BCUT2D eigenvalue weighted by Gasteiger charge is -1.96. The van der Waals surface area contributed by atoms with Crippen molar-refractivity contribution in [1.29, 1.82) is 0 Å². The van der Waals surface area contributed by atoms with Gasteiger partial charge in [-0.15, -0.1) is 16.0 Å². The number of hydrazone groups is 1. The predicted octanol–water partition coefficient (Wildman–Crippen LogP) is 1.27. The second-order valence-corrected chi connectivity index (χ2v) is 6.02. The zero-order valence-corrected chi connectivity index (χ0v) is 12.8. The van der Waals surface area contributed by atoms with Gasteiger partial charge in [0.2, 0.25) is 12.2 Å². The highest BCUT2D eigenvalue weighted by Gasteiger charge is 2.14. The van der Waals surface area contributed by atoms with Gasteiger partial charge in [-0.05, 0) is 12.1 Å². The number of hydrogen-bond donors (Lipinski definition) is 3. The van der Waals surface area contributed by atoms with Crippen LogP contribution < -0.4 is 16.5 Å². The van der Waals surface area contributed by atoms with Crippen LogP contribution in [0, 0.1) is 0 Å². The van der Waals surface area contributed by atoms with E-state index in [0.717, 1.165) is 15.4 Å². The summed E-state index contributed by atoms with van der Waals surface area (Å²) in [5.41, 5.74) is 0.893. The summed E-state index contributed by atoms with van der Waals surface area (Å²) in [4.78, 5) is 17.5. The molecule has 2 aromatic rings. The van der Waals surface area contributed by atoms with Crippen LogP contribution in [0.2, 0.25) is 0 Å². The maximum absolute atomic E-state index is 10.9. The molecule has 2 rings (SSSR count). The van der Waals surface area contributed by atoms with Gasteiger partial charge in [0.1, 0.15) is 0 Å². The molecule has 0 aliphatic heterocycles. The number of thiophene rings is 1. The highest BCUT2D eigenvalue weighted by atomic mass is 32.1. The lowest BCUT2D eigenvalue weighted by molar-refractivity contribution is -0.448. The lowest BCUT2D eigenvalue weighted by atomic mass is 10.3. The Balaban J connectivity index is 2.12. The maximum atomic E-state index is 10.9. The fraction of sp³-hybridized carbons (Fsp3) is 0.250. The van der Waals surface area contributed by atoms with Crippen LogP contribution in [0.3, 0.4) is 0 Å². The molecule has 6 nitrogen and oxygen atoms in total. The minimum atomic E-state index is -0.0303. The van der Waals surface area contributed by atoms with Crippen LogP contribution >= 0.6 is 22.7 Å². The molecular formula is C12H16N5OS2+. The molecule has 2 aromatic heterocycles. The zero-order valence-electron chi connectivity index (χ0n) is 11.2. The molecule has 8 heteroatoms. The van der Waals surface area contributed by atoms with Crippen molar-refractivity contribution >= 4 is 40.1 Å². The molecule has 0 spiro atoms. The van der Waals surface area contributed by atoms with E-state index in [1.165, 1.54) is 22.9 Å². The van der Waals surface area contributed by atoms with Crippen molar-refractivity contribution in [3.63, 3.8) is 0 Å². The first kappa shape index (κ1) is 14.5. The Morgan fingerprint density at radius 1 is 1.55 bits per heavy atom. The third-order valence-corrected chi connectivity index (χ3v) is 4.37. The van der Waals surface area contributed by atoms with Crippen molar-refractivity contribution in [1.82, 2.24) is 15.6 Å². The number of nitrogens with one attached hydrogen (secondary N) is 2. The molecule has 0 aromatic carbocycles. The molecule has 0 saturated carbocycles. The molecule has 0 bridgehead atoms. The van der Waals surface area contributed by atoms with Crippen LogP contribution in [0.25, 0.3) is 10.6 Å². The average molecular weight is 310 g/mol. The fourth-order valence-electron chi connectivity index (χ4n) is 1.51. The molecule has 0 aliphatic carbocycles. The van der Waals surface area contributed by atoms with E-state index in [1.807, 2.05) is 17.5 Å². The highest BCUT2D eigenvalue weighted by Crippen LogP contribution is 2.31. The number of nitrogens with zero attached hydrogens (tertiary/aromatic N) is 2. The number of aromatic nitrogens is 1. The van der Waals surface area contributed by atoms with E-state index >= 15 is 0 Å². The SMILES string of the molecule is CNC=[N+](N)c1nc(-c2ccc(CNC(C)=O)s2)cs1. The predicted molar refractivity (Wildman–Crippen MR) is 82.2 cm³/mol. The standard InChI is InChI=1S/C12H15N5OS2/c1-8(18)15-5-9-3-4-11(20-9)10-6-19-12(16-10)17(13)7-14-2/h3-4,6-7H,5,13H2,1-2H3,(H,15,18)/p+1. The Morgan fingerprint density at radius 2 is 2.35 bits per heavy atom. The molecule has 0 unspecified atom stereocenters. The first-order valence-corrected chi connectivity index (χ1v) is 7.63. The van der Waals surface area contributed by atoms with Gasteiger partial charge in [-0.2, -0.15) is 0 Å². The van der Waals surface area contributed by atoms with Crippen LogP contribution in [0.1, 0.15) is 11.8 Å². The summed E-state index contributed by atoms with van der Waals surface area (Å²) in [6.07, 6.45) is 1.64. The zero-order chi connectivity index (χ0) is 14.5. The van der Waals surface area contributed by atoms with Gasteiger partial charge in [0, 0.05) is 24.2 Å². The number of nitrogens with two attached hydrogens (primary N) is 1. The minimum Gasteiger partial charge on any atom is -0.351 e. The molecule has 20 heavy (non-hydrogen) atoms. The molecule has 106 valence electrons. The molecular weight excluding hydrogens is 294 g/mol. The van der Waals surface area contributed by atoms with E-state index < -0.39 is 0 Å². The number of hydrogen-bond acceptors (Lipinski definition) is 5. The largest absolute Gasteiger partial charge is 0.351 e. The summed E-state index contributed by atoms with van der Waals surface area (Å²) < 4.78 is 1.44. The van der Waals surface area contributed by atoms with Crippen LogP contribution in [-0.2, 0) is 11.3 Å². The lowest BCUT2D eigenvalue weighted by Crippen LogP contribution is -2.21. The molecule has 0 atom stereocenters. The molecule has 2 heterocycles. The molecule has 1 amide bonds. The topological polar surface area (TPSA) is 83.1 Å². The van der Waals surface area contributed by atoms with Crippen molar-refractivity contribution < 1.29 is 9.48 Å². The van der Waals surface area contributed by atoms with Crippen LogP contribution in [-0.4, -0.2) is 29.0 Å². The number of hydrazine groups is 1. The Kier molecular flexibility index (Phi) is 4.70. The van der Waals surface area contributed by atoms with E-state index in [9.17, 15) is 4.79 Å². The summed E-state index contributed by atoms with van der Waals surface area (Å²) >= 11 is 3.09. The maximum Gasteiger partial charge on any atom is 0.343 e. The second kappa shape index (κ2) is 6.49. The van der Waals surface area contributed by atoms with Crippen molar-refractivity contribution in [2.45, 2.75) is 13.5 Å². The highest BCUT2D eigenvalue weighted by molar-refractivity contribution is 7.16. The first-order chi connectivity index (χ1) is 9.60. The summed E-state index contributed by atoms with van der Waals surface area (Å²) in [5.74, 6) is 5.77. The molecule has 0 saturated heterocycles. The van der Waals surface area contributed by atoms with Gasteiger partial charge < -0.3 is 10.6 Å². The quantitative estimate of drug-likeness (QED) is 0.255. The fourth-order valence-corrected chi connectivity index (χ4v) is 3.22. The normalized spacial score (nSPS) is 11.4. The van der Waals surface area contributed by atoms with Crippen LogP contribution in [0.15, 0.2) is 17.5 Å². The number of amides is 1. The number of carbonyl (C=O) groups excluding carboxylic acids is 1. The second-order valence-electron chi connectivity index (χ2n) is 4.02. The monoisotopic (exact) mass is 310 g/mol. The van der Waals surface area contributed by atoms with Crippen molar-refractivity contribution in [3.05, 3.63) is 22.4 Å². The summed E-state index contributed by atoms with van der Waals surface area (Å²) in [7, 11) is 1.78. The number of rotatable bonds is 5. The first-order valence-electron chi connectivity index (χ1n) is 5.93. The average Bonchev–Trinajstić information content (AvgIpc) is 3.05. The van der Waals surface area contributed by atoms with Gasteiger partial charge >= 0.3 is 5.13 Å². The van der Waals surface area contributed by atoms with Gasteiger partial charge in [-0.25, -0.2) is 0 Å². The Morgan fingerprint density at radius 3 is 3.05 bits per heavy atom. The van der Waals surface area contributed by atoms with Gasteiger partial charge in [0.05, 0.1) is 11.4 Å². The third kappa shape index (κ3) is 3.55. The van der Waals surface area contributed by atoms with Crippen LogP contribution in [0.4, 0.5) is 5.13 Å². The van der Waals surface area contributed by atoms with Gasteiger partial charge in [0.15, 0.2) is 5.69 Å². The number of thiazole rings is 1. The van der Waals surface area contributed by atoms with Crippen molar-refractivity contribution in [3.8, 4) is 10.6 Å². The smallest absolute Gasteiger partial charge is 0.343 e.